The van der Waals surface area contributed by atoms with Crippen LogP contribution in [0.1, 0.15) is 25.4 Å². The molecule has 1 aromatic heterocycles. The van der Waals surface area contributed by atoms with Gasteiger partial charge in [0.25, 0.3) is 0 Å². The summed E-state index contributed by atoms with van der Waals surface area (Å²) in [6.07, 6.45) is -0.312. The van der Waals surface area contributed by atoms with Crippen LogP contribution < -0.4 is 0 Å². The Kier molecular flexibility index (Phi) is 6.21. The second kappa shape index (κ2) is 7.95. The molecule has 0 radical (unpaired) electrons. The molecule has 23 heavy (non-hydrogen) atoms. The number of nitrogens with zero attached hydrogens (tertiary/aromatic N) is 3. The van der Waals surface area contributed by atoms with E-state index < -0.39 is 0 Å². The number of β-amino-alcohol motifs (C(OH)–C–C–N with tert-alkyl or cyclic N) is 1. The third kappa shape index (κ3) is 5.34. The standard InChI is InChI=1S/C17H29N3O3/c1-13-9-19(7-8-20(13)10-14(2)21)12-17(22)18(4)11-16-6-5-15(3)23-16/h5-6,13-14,21H,7-12H2,1-4H3. The summed E-state index contributed by atoms with van der Waals surface area (Å²) in [6.45, 7) is 10.1. The van der Waals surface area contributed by atoms with Crippen LogP contribution in [0.5, 0.6) is 0 Å². The zero-order valence-corrected chi connectivity index (χ0v) is 14.7. The highest BCUT2D eigenvalue weighted by molar-refractivity contribution is 5.77. The lowest BCUT2D eigenvalue weighted by Gasteiger charge is -2.40. The first-order chi connectivity index (χ1) is 10.8. The van der Waals surface area contributed by atoms with Gasteiger partial charge in [0, 0.05) is 39.3 Å². The minimum Gasteiger partial charge on any atom is -0.464 e. The van der Waals surface area contributed by atoms with E-state index in [0.29, 0.717) is 25.7 Å². The minimum atomic E-state index is -0.312. The number of aliphatic hydroxyl groups excluding tert-OH is 1. The molecule has 2 rings (SSSR count). The van der Waals surface area contributed by atoms with E-state index in [-0.39, 0.29) is 12.0 Å². The fourth-order valence-corrected chi connectivity index (χ4v) is 3.03. The molecule has 0 aromatic carbocycles. The first-order valence-electron chi connectivity index (χ1n) is 8.29. The van der Waals surface area contributed by atoms with Gasteiger partial charge in [0.05, 0.1) is 19.2 Å². The average molecular weight is 323 g/mol. The minimum absolute atomic E-state index is 0.107. The van der Waals surface area contributed by atoms with Crippen molar-refractivity contribution in [2.24, 2.45) is 0 Å². The van der Waals surface area contributed by atoms with Crippen LogP contribution in [-0.2, 0) is 11.3 Å². The van der Waals surface area contributed by atoms with Gasteiger partial charge in [-0.1, -0.05) is 0 Å². The van der Waals surface area contributed by atoms with Crippen molar-refractivity contribution in [1.82, 2.24) is 14.7 Å². The summed E-state index contributed by atoms with van der Waals surface area (Å²) in [5.74, 6) is 1.78. The smallest absolute Gasteiger partial charge is 0.236 e. The topological polar surface area (TPSA) is 60.2 Å². The zero-order valence-electron chi connectivity index (χ0n) is 14.7. The third-order valence-corrected chi connectivity index (χ3v) is 4.32. The van der Waals surface area contributed by atoms with Gasteiger partial charge in [-0.3, -0.25) is 14.6 Å². The van der Waals surface area contributed by atoms with Gasteiger partial charge in [-0.05, 0) is 32.9 Å². The summed E-state index contributed by atoms with van der Waals surface area (Å²) in [4.78, 5) is 18.6. The molecule has 0 bridgehead atoms. The van der Waals surface area contributed by atoms with Crippen molar-refractivity contribution in [1.29, 1.82) is 0 Å². The Morgan fingerprint density at radius 2 is 2.22 bits per heavy atom. The summed E-state index contributed by atoms with van der Waals surface area (Å²) in [6, 6.07) is 4.18. The highest BCUT2D eigenvalue weighted by Crippen LogP contribution is 2.12. The monoisotopic (exact) mass is 323 g/mol. The number of carbonyl (C=O) groups is 1. The predicted molar refractivity (Wildman–Crippen MR) is 89.1 cm³/mol. The maximum absolute atomic E-state index is 12.4. The number of hydrogen-bond acceptors (Lipinski definition) is 5. The van der Waals surface area contributed by atoms with E-state index in [1.165, 1.54) is 0 Å². The van der Waals surface area contributed by atoms with Gasteiger partial charge < -0.3 is 14.4 Å². The fourth-order valence-electron chi connectivity index (χ4n) is 3.03. The molecule has 2 atom stereocenters. The Morgan fingerprint density at radius 1 is 1.48 bits per heavy atom. The molecular formula is C17H29N3O3. The summed E-state index contributed by atoms with van der Waals surface area (Å²) < 4.78 is 5.52. The first kappa shape index (κ1) is 18.0. The lowest BCUT2D eigenvalue weighted by molar-refractivity contribution is -0.132. The Hall–Kier alpha value is -1.37. The molecule has 0 spiro atoms. The van der Waals surface area contributed by atoms with E-state index in [1.807, 2.05) is 33.0 Å². The largest absolute Gasteiger partial charge is 0.464 e. The number of rotatable bonds is 6. The number of amides is 1. The number of hydrogen-bond donors (Lipinski definition) is 1. The van der Waals surface area contributed by atoms with Crippen molar-refractivity contribution in [3.8, 4) is 0 Å². The molecule has 6 heteroatoms. The van der Waals surface area contributed by atoms with Gasteiger partial charge in [-0.15, -0.1) is 0 Å². The van der Waals surface area contributed by atoms with Crippen molar-refractivity contribution < 1.29 is 14.3 Å². The van der Waals surface area contributed by atoms with Crippen molar-refractivity contribution in [2.45, 2.75) is 39.5 Å². The van der Waals surface area contributed by atoms with Crippen LogP contribution in [-0.4, -0.2) is 77.6 Å². The van der Waals surface area contributed by atoms with Crippen LogP contribution in [0.3, 0.4) is 0 Å². The molecule has 1 aliphatic heterocycles. The van der Waals surface area contributed by atoms with Crippen molar-refractivity contribution in [2.75, 3.05) is 39.8 Å². The average Bonchev–Trinajstić information content (AvgIpc) is 2.86. The number of piperazine rings is 1. The lowest BCUT2D eigenvalue weighted by atomic mass is 10.1. The van der Waals surface area contributed by atoms with E-state index in [0.717, 1.165) is 31.2 Å². The highest BCUT2D eigenvalue weighted by atomic mass is 16.3. The highest BCUT2D eigenvalue weighted by Gasteiger charge is 2.26. The molecule has 2 unspecified atom stereocenters. The summed E-state index contributed by atoms with van der Waals surface area (Å²) in [7, 11) is 1.81. The van der Waals surface area contributed by atoms with Gasteiger partial charge in [0.15, 0.2) is 0 Å². The van der Waals surface area contributed by atoms with E-state index in [2.05, 4.69) is 16.7 Å². The molecule has 0 saturated carbocycles. The van der Waals surface area contributed by atoms with Gasteiger partial charge >= 0.3 is 0 Å². The van der Waals surface area contributed by atoms with Crippen LogP contribution >= 0.6 is 0 Å². The van der Waals surface area contributed by atoms with E-state index >= 15 is 0 Å². The molecule has 2 heterocycles. The molecule has 1 aromatic rings. The summed E-state index contributed by atoms with van der Waals surface area (Å²) in [5.41, 5.74) is 0. The number of aryl methyl sites for hydroxylation is 1. The van der Waals surface area contributed by atoms with Gasteiger partial charge in [-0.2, -0.15) is 0 Å². The van der Waals surface area contributed by atoms with Crippen LogP contribution in [0, 0.1) is 6.92 Å². The van der Waals surface area contributed by atoms with Crippen molar-refractivity contribution in [3.63, 3.8) is 0 Å². The van der Waals surface area contributed by atoms with Crippen molar-refractivity contribution in [3.05, 3.63) is 23.7 Å². The zero-order chi connectivity index (χ0) is 17.0. The molecular weight excluding hydrogens is 294 g/mol. The predicted octanol–water partition coefficient (Wildman–Crippen LogP) is 0.933. The van der Waals surface area contributed by atoms with Gasteiger partial charge in [0.1, 0.15) is 11.5 Å². The number of furan rings is 1. The second-order valence-corrected chi connectivity index (χ2v) is 6.69. The van der Waals surface area contributed by atoms with Crippen LogP contribution in [0.15, 0.2) is 16.5 Å². The van der Waals surface area contributed by atoms with Gasteiger partial charge in [-0.25, -0.2) is 0 Å². The molecule has 1 amide bonds. The number of carbonyl (C=O) groups excluding carboxylic acids is 1. The van der Waals surface area contributed by atoms with Crippen LogP contribution in [0.2, 0.25) is 0 Å². The Labute approximate surface area is 138 Å². The Morgan fingerprint density at radius 3 is 2.78 bits per heavy atom. The molecule has 1 N–H and O–H groups in total. The maximum atomic E-state index is 12.4. The normalized spacial score (nSPS) is 21.3. The molecule has 1 aliphatic rings. The molecule has 6 nitrogen and oxygen atoms in total. The Bertz CT molecular complexity index is 515. The SMILES string of the molecule is Cc1ccc(CN(C)C(=O)CN2CCN(CC(C)O)C(C)C2)o1. The van der Waals surface area contributed by atoms with Crippen LogP contribution in [0.4, 0.5) is 0 Å². The van der Waals surface area contributed by atoms with E-state index in [4.69, 9.17) is 4.42 Å². The second-order valence-electron chi connectivity index (χ2n) is 6.69. The van der Waals surface area contributed by atoms with Gasteiger partial charge in [0.2, 0.25) is 5.91 Å². The van der Waals surface area contributed by atoms with Crippen molar-refractivity contribution >= 4 is 5.91 Å². The molecule has 1 saturated heterocycles. The summed E-state index contributed by atoms with van der Waals surface area (Å²) >= 11 is 0. The maximum Gasteiger partial charge on any atom is 0.236 e. The molecule has 0 aliphatic carbocycles. The molecule has 130 valence electrons. The van der Waals surface area contributed by atoms with E-state index in [9.17, 15) is 9.90 Å². The first-order valence-corrected chi connectivity index (χ1v) is 8.29. The van der Waals surface area contributed by atoms with Crippen LogP contribution in [0.25, 0.3) is 0 Å². The van der Waals surface area contributed by atoms with E-state index in [1.54, 1.807) is 4.90 Å². The summed E-state index contributed by atoms with van der Waals surface area (Å²) in [5, 5.41) is 9.52. The fraction of sp³-hybridized carbons (Fsp3) is 0.706. The quantitative estimate of drug-likeness (QED) is 0.844. The number of aliphatic hydroxyl groups is 1. The lowest BCUT2D eigenvalue weighted by Crippen LogP contribution is -2.55. The number of likely N-dealkylation sites (N-methyl/N-ethyl adjacent to an activating group) is 1. The third-order valence-electron chi connectivity index (χ3n) is 4.32. The molecule has 1 fully saturated rings. The Balaban J connectivity index is 1.79.